The molecule has 1 aromatic carbocycles. The van der Waals surface area contributed by atoms with Crippen LogP contribution in [0.1, 0.15) is 25.8 Å². The number of benzene rings is 1. The van der Waals surface area contributed by atoms with Crippen molar-refractivity contribution in [2.45, 2.75) is 32.4 Å². The Bertz CT molecular complexity index is 457. The first-order valence-electron chi connectivity index (χ1n) is 7.94. The van der Waals surface area contributed by atoms with Crippen LogP contribution in [0.25, 0.3) is 0 Å². The molecule has 0 fully saturated rings. The first kappa shape index (κ1) is 21.2. The molecule has 0 aromatic heterocycles. The Labute approximate surface area is 153 Å². The van der Waals surface area contributed by atoms with Gasteiger partial charge in [-0.25, -0.2) is 4.79 Å². The lowest BCUT2D eigenvalue weighted by Crippen LogP contribution is -2.44. The highest BCUT2D eigenvalue weighted by Crippen LogP contribution is 2.14. The van der Waals surface area contributed by atoms with E-state index in [4.69, 9.17) is 14.0 Å². The van der Waals surface area contributed by atoms with Crippen molar-refractivity contribution in [3.05, 3.63) is 35.9 Å². The fraction of sp³-hybridized carbons (Fsp3) is 0.588. The lowest BCUT2D eigenvalue weighted by atomic mass is 10.0. The van der Waals surface area contributed by atoms with Crippen molar-refractivity contribution in [2.24, 2.45) is 0 Å². The van der Waals surface area contributed by atoms with Gasteiger partial charge in [-0.3, -0.25) is 0 Å². The van der Waals surface area contributed by atoms with Crippen LogP contribution < -0.4 is 5.32 Å². The molecule has 2 N–H and O–H groups in total. The van der Waals surface area contributed by atoms with E-state index in [1.807, 2.05) is 44.2 Å². The number of alkyl carbamates (subject to hydrolysis) is 1. The largest absolute Gasteiger partial charge is 0.445 e. The summed E-state index contributed by atoms with van der Waals surface area (Å²) in [6.45, 7) is 5.51. The minimum absolute atomic E-state index is 0.279. The van der Waals surface area contributed by atoms with E-state index in [0.717, 1.165) is 35.5 Å². The number of hydrogen-bond acceptors (Lipinski definition) is 6. The molecule has 0 aliphatic rings. The van der Waals surface area contributed by atoms with E-state index in [1.165, 1.54) is 0 Å². The fourth-order valence-electron chi connectivity index (χ4n) is 1.84. The Balaban J connectivity index is 2.10. The molecule has 0 saturated heterocycles. The molecular weight excluding hydrogens is 346 g/mol. The lowest BCUT2D eigenvalue weighted by molar-refractivity contribution is 0.129. The van der Waals surface area contributed by atoms with E-state index in [2.05, 4.69) is 5.32 Å². The predicted molar refractivity (Wildman–Crippen MR) is 102 cm³/mol. The quantitative estimate of drug-likeness (QED) is 0.426. The number of carbonyl (C=O) groups excluding carboxylic acids is 1. The van der Waals surface area contributed by atoms with Gasteiger partial charge in [-0.2, -0.15) is 11.8 Å². The monoisotopic (exact) mass is 373 g/mol. The minimum atomic E-state index is -0.390. The minimum Gasteiger partial charge on any atom is -0.445 e. The maximum atomic E-state index is 11.9. The van der Waals surface area contributed by atoms with E-state index in [9.17, 15) is 4.79 Å². The van der Waals surface area contributed by atoms with Crippen molar-refractivity contribution in [3.8, 4) is 0 Å². The first-order valence-corrected chi connectivity index (χ1v) is 10.0. The van der Waals surface area contributed by atoms with Gasteiger partial charge in [0.15, 0.2) is 0 Å². The van der Waals surface area contributed by atoms with Crippen LogP contribution in [0.4, 0.5) is 4.79 Å². The summed E-state index contributed by atoms with van der Waals surface area (Å²) >= 11 is 2.59. The zero-order valence-corrected chi connectivity index (χ0v) is 16.0. The molecular formula is C17H27NO4S2. The van der Waals surface area contributed by atoms with Crippen molar-refractivity contribution in [1.82, 2.24) is 5.32 Å². The summed E-state index contributed by atoms with van der Waals surface area (Å²) in [6.07, 6.45) is 0.462. The van der Waals surface area contributed by atoms with Gasteiger partial charge in [-0.05, 0) is 43.6 Å². The summed E-state index contributed by atoms with van der Waals surface area (Å²) in [5.41, 5.74) is 0.662. The molecule has 0 spiro atoms. The summed E-state index contributed by atoms with van der Waals surface area (Å²) < 4.78 is 19.2. The Hall–Kier alpha value is -0.890. The van der Waals surface area contributed by atoms with Crippen LogP contribution in [0, 0.1) is 0 Å². The van der Waals surface area contributed by atoms with Crippen LogP contribution in [0.15, 0.2) is 30.3 Å². The molecule has 7 heteroatoms. The summed E-state index contributed by atoms with van der Waals surface area (Å²) in [4.78, 5) is 11.9. The second-order valence-electron chi connectivity index (χ2n) is 5.88. The number of ether oxygens (including phenoxy) is 2. The fourth-order valence-corrected chi connectivity index (χ4v) is 3.13. The van der Waals surface area contributed by atoms with E-state index in [1.54, 1.807) is 11.8 Å². The van der Waals surface area contributed by atoms with Gasteiger partial charge >= 0.3 is 6.09 Å². The molecule has 1 rings (SSSR count). The highest BCUT2D eigenvalue weighted by molar-refractivity contribution is 7.99. The second-order valence-corrected chi connectivity index (χ2v) is 7.77. The summed E-state index contributed by atoms with van der Waals surface area (Å²) in [5, 5.41) is 2.91. The van der Waals surface area contributed by atoms with E-state index < -0.39 is 6.09 Å². The number of amides is 1. The second kappa shape index (κ2) is 12.5. The van der Waals surface area contributed by atoms with Gasteiger partial charge in [-0.1, -0.05) is 30.3 Å². The van der Waals surface area contributed by atoms with Crippen LogP contribution in [-0.4, -0.2) is 46.7 Å². The van der Waals surface area contributed by atoms with Gasteiger partial charge in [-0.15, -0.1) is 0 Å². The Kier molecular flexibility index (Phi) is 11.0. The Morgan fingerprint density at radius 2 is 1.88 bits per heavy atom. The van der Waals surface area contributed by atoms with Crippen LogP contribution in [0.5, 0.6) is 0 Å². The maximum Gasteiger partial charge on any atom is 0.407 e. The van der Waals surface area contributed by atoms with Gasteiger partial charge < -0.3 is 19.3 Å². The SMILES string of the molecule is CC(C)(CCSCCOCCSO)NC(=O)OCc1ccccc1. The van der Waals surface area contributed by atoms with Gasteiger partial charge in [0.05, 0.1) is 13.2 Å². The van der Waals surface area contributed by atoms with Gasteiger partial charge in [0.2, 0.25) is 0 Å². The maximum absolute atomic E-state index is 11.9. The number of nitrogens with one attached hydrogen (secondary N) is 1. The number of carbonyl (C=O) groups is 1. The molecule has 0 atom stereocenters. The molecule has 0 bridgehead atoms. The first-order chi connectivity index (χ1) is 11.5. The predicted octanol–water partition coefficient (Wildman–Crippen LogP) is 4.04. The third kappa shape index (κ3) is 10.8. The Morgan fingerprint density at radius 3 is 2.58 bits per heavy atom. The average Bonchev–Trinajstić information content (AvgIpc) is 2.56. The van der Waals surface area contributed by atoms with E-state index in [-0.39, 0.29) is 12.1 Å². The van der Waals surface area contributed by atoms with Crippen LogP contribution in [-0.2, 0) is 16.1 Å². The van der Waals surface area contributed by atoms with E-state index >= 15 is 0 Å². The van der Waals surface area contributed by atoms with Crippen LogP contribution in [0.2, 0.25) is 0 Å². The zero-order valence-electron chi connectivity index (χ0n) is 14.3. The van der Waals surface area contributed by atoms with Crippen molar-refractivity contribution >= 4 is 29.9 Å². The van der Waals surface area contributed by atoms with Gasteiger partial charge in [0.25, 0.3) is 0 Å². The Morgan fingerprint density at radius 1 is 1.17 bits per heavy atom. The molecule has 0 aliphatic heterocycles. The average molecular weight is 374 g/mol. The van der Waals surface area contributed by atoms with Crippen molar-refractivity contribution in [3.63, 3.8) is 0 Å². The molecule has 1 aromatic rings. The zero-order chi connectivity index (χ0) is 17.7. The summed E-state index contributed by atoms with van der Waals surface area (Å²) in [6, 6.07) is 9.63. The number of thioether (sulfide) groups is 1. The third-order valence-corrected chi connectivity index (χ3v) is 4.51. The smallest absolute Gasteiger partial charge is 0.407 e. The summed E-state index contributed by atoms with van der Waals surface area (Å²) in [7, 11) is 0. The number of rotatable bonds is 12. The van der Waals surface area contributed by atoms with Crippen LogP contribution >= 0.6 is 23.8 Å². The molecule has 24 heavy (non-hydrogen) atoms. The molecule has 0 unspecified atom stereocenters. The standard InChI is InChI=1S/C17H27NO4S2/c1-17(2,8-11-23-12-9-21-10-13-24-20)18-16(19)22-14-15-6-4-3-5-7-15/h3-7,20H,8-14H2,1-2H3,(H,18,19). The highest BCUT2D eigenvalue weighted by atomic mass is 32.2. The molecule has 0 heterocycles. The molecule has 5 nitrogen and oxygen atoms in total. The normalized spacial score (nSPS) is 11.3. The molecule has 1 amide bonds. The van der Waals surface area contributed by atoms with Crippen molar-refractivity contribution in [2.75, 3.05) is 30.5 Å². The van der Waals surface area contributed by atoms with Crippen molar-refractivity contribution < 1.29 is 18.8 Å². The van der Waals surface area contributed by atoms with Crippen molar-refractivity contribution in [1.29, 1.82) is 0 Å². The van der Waals surface area contributed by atoms with Gasteiger partial charge in [0, 0.05) is 17.0 Å². The third-order valence-electron chi connectivity index (χ3n) is 3.22. The highest BCUT2D eigenvalue weighted by Gasteiger charge is 2.20. The molecule has 136 valence electrons. The van der Waals surface area contributed by atoms with Gasteiger partial charge in [0.1, 0.15) is 6.61 Å². The van der Waals surface area contributed by atoms with E-state index in [0.29, 0.717) is 19.0 Å². The lowest BCUT2D eigenvalue weighted by Gasteiger charge is -2.25. The molecule has 0 aliphatic carbocycles. The molecule has 0 saturated carbocycles. The van der Waals surface area contributed by atoms with Crippen LogP contribution in [0.3, 0.4) is 0 Å². The topological polar surface area (TPSA) is 67.8 Å². The number of hydrogen-bond donors (Lipinski definition) is 2. The summed E-state index contributed by atoms with van der Waals surface area (Å²) in [5.74, 6) is 2.45. The molecule has 0 radical (unpaired) electrons.